The quantitative estimate of drug-likeness (QED) is 0.164. The van der Waals surface area contributed by atoms with E-state index in [4.69, 9.17) is 0 Å². The van der Waals surface area contributed by atoms with Crippen molar-refractivity contribution >= 4 is 59.3 Å². The van der Waals surface area contributed by atoms with Crippen LogP contribution in [0.2, 0.25) is 0 Å². The molecule has 1 aliphatic rings. The minimum atomic E-state index is -0.0454. The molecule has 10 aromatic rings. The van der Waals surface area contributed by atoms with E-state index in [0.717, 1.165) is 11.4 Å². The van der Waals surface area contributed by atoms with Crippen LogP contribution in [-0.2, 0) is 5.41 Å². The molecular formula is C55H39NS. The van der Waals surface area contributed by atoms with Crippen molar-refractivity contribution in [2.24, 2.45) is 0 Å². The Bertz CT molecular complexity index is 3160. The number of hydrogen-bond acceptors (Lipinski definition) is 2. The second-order valence-electron chi connectivity index (χ2n) is 15.7. The third-order valence-electron chi connectivity index (χ3n) is 12.1. The van der Waals surface area contributed by atoms with E-state index in [1.165, 1.54) is 92.3 Å². The summed E-state index contributed by atoms with van der Waals surface area (Å²) in [4.78, 5) is 2.48. The molecule has 0 amide bonds. The fraction of sp³-hybridized carbons (Fsp3) is 0.0545. The predicted octanol–water partition coefficient (Wildman–Crippen LogP) is 16.0. The first-order valence-electron chi connectivity index (χ1n) is 19.8. The Kier molecular flexibility index (Phi) is 7.77. The largest absolute Gasteiger partial charge is 0.308 e. The van der Waals surface area contributed by atoms with Gasteiger partial charge in [-0.05, 0) is 103 Å². The Hall–Kier alpha value is -6.74. The molecule has 1 heterocycles. The van der Waals surface area contributed by atoms with Gasteiger partial charge in [0.05, 0.1) is 16.1 Å². The lowest BCUT2D eigenvalue weighted by atomic mass is 9.81. The summed E-state index contributed by atoms with van der Waals surface area (Å²) in [6.45, 7) is 4.71. The third-order valence-corrected chi connectivity index (χ3v) is 13.3. The summed E-state index contributed by atoms with van der Waals surface area (Å²) >= 11 is 1.87. The van der Waals surface area contributed by atoms with Gasteiger partial charge in [0.25, 0.3) is 0 Å². The second-order valence-corrected chi connectivity index (χ2v) is 16.7. The van der Waals surface area contributed by atoms with Crippen LogP contribution in [0.5, 0.6) is 0 Å². The number of para-hydroxylation sites is 1. The lowest BCUT2D eigenvalue weighted by molar-refractivity contribution is 0.660. The summed E-state index contributed by atoms with van der Waals surface area (Å²) in [5, 5.41) is 5.10. The maximum atomic E-state index is 2.48. The van der Waals surface area contributed by atoms with Crippen molar-refractivity contribution in [1.82, 2.24) is 0 Å². The van der Waals surface area contributed by atoms with Crippen molar-refractivity contribution < 1.29 is 0 Å². The number of thiophene rings is 1. The maximum Gasteiger partial charge on any atom is 0.0640 e. The standard InChI is InChI=1S/C55H39NS/c1-55(2)49-24-8-5-20-45(49)46-33-30-38(35-50(46)55)36-28-31-41(32-29-36)56(52-26-13-23-48-47-21-7-10-27-53(47)57-54(48)52)51-25-9-6-19-44(51)40-17-11-16-39(34-40)43-22-12-15-37-14-3-4-18-42(37)43/h3-35H,1-2H3. The van der Waals surface area contributed by atoms with E-state index in [1.54, 1.807) is 0 Å². The highest BCUT2D eigenvalue weighted by molar-refractivity contribution is 7.26. The fourth-order valence-electron chi connectivity index (χ4n) is 9.25. The Morgan fingerprint density at radius 1 is 0.386 bits per heavy atom. The van der Waals surface area contributed by atoms with Gasteiger partial charge in [-0.2, -0.15) is 0 Å². The molecule has 2 heteroatoms. The van der Waals surface area contributed by atoms with Crippen molar-refractivity contribution in [2.75, 3.05) is 4.90 Å². The van der Waals surface area contributed by atoms with Crippen molar-refractivity contribution in [3.05, 3.63) is 211 Å². The number of rotatable bonds is 6. The summed E-state index contributed by atoms with van der Waals surface area (Å²) in [6.07, 6.45) is 0. The number of benzene rings is 9. The van der Waals surface area contributed by atoms with Gasteiger partial charge >= 0.3 is 0 Å². The van der Waals surface area contributed by atoms with Crippen molar-refractivity contribution in [3.63, 3.8) is 0 Å². The molecule has 0 spiro atoms. The number of fused-ring (bicyclic) bond motifs is 7. The third kappa shape index (κ3) is 5.44. The highest BCUT2D eigenvalue weighted by Gasteiger charge is 2.35. The van der Waals surface area contributed by atoms with Crippen LogP contribution in [0.15, 0.2) is 200 Å². The second kappa shape index (κ2) is 13.2. The van der Waals surface area contributed by atoms with Crippen molar-refractivity contribution in [3.8, 4) is 44.5 Å². The van der Waals surface area contributed by atoms with Crippen LogP contribution in [0.1, 0.15) is 25.0 Å². The van der Waals surface area contributed by atoms with Crippen LogP contribution in [0, 0.1) is 0 Å². The number of nitrogens with zero attached hydrogens (tertiary/aromatic N) is 1. The van der Waals surface area contributed by atoms with E-state index in [2.05, 4.69) is 219 Å². The molecule has 9 aromatic carbocycles. The average molecular weight is 746 g/mol. The molecule has 0 fully saturated rings. The first-order chi connectivity index (χ1) is 28.0. The molecule has 0 N–H and O–H groups in total. The van der Waals surface area contributed by atoms with Gasteiger partial charge in [0.2, 0.25) is 0 Å². The molecule has 1 nitrogen and oxygen atoms in total. The summed E-state index contributed by atoms with van der Waals surface area (Å²) in [7, 11) is 0. The molecule has 57 heavy (non-hydrogen) atoms. The van der Waals surface area contributed by atoms with Crippen LogP contribution >= 0.6 is 11.3 Å². The summed E-state index contributed by atoms with van der Waals surface area (Å²) in [5.74, 6) is 0. The van der Waals surface area contributed by atoms with E-state index in [1.807, 2.05) is 11.3 Å². The van der Waals surface area contributed by atoms with Gasteiger partial charge in [0.15, 0.2) is 0 Å². The summed E-state index contributed by atoms with van der Waals surface area (Å²) < 4.78 is 2.58. The van der Waals surface area contributed by atoms with Gasteiger partial charge in [0.1, 0.15) is 0 Å². The van der Waals surface area contributed by atoms with Gasteiger partial charge < -0.3 is 4.90 Å². The Labute approximate surface area is 337 Å². The van der Waals surface area contributed by atoms with Gasteiger partial charge in [-0.1, -0.05) is 172 Å². The molecular weight excluding hydrogens is 707 g/mol. The van der Waals surface area contributed by atoms with Crippen molar-refractivity contribution in [1.29, 1.82) is 0 Å². The average Bonchev–Trinajstić information content (AvgIpc) is 3.76. The minimum absolute atomic E-state index is 0.0454. The summed E-state index contributed by atoms with van der Waals surface area (Å²) in [6, 6.07) is 73.9. The van der Waals surface area contributed by atoms with Crippen LogP contribution in [-0.4, -0.2) is 0 Å². The molecule has 270 valence electrons. The fourth-order valence-corrected chi connectivity index (χ4v) is 10.5. The number of anilines is 3. The topological polar surface area (TPSA) is 3.24 Å². The molecule has 0 unspecified atom stereocenters. The van der Waals surface area contributed by atoms with E-state index >= 15 is 0 Å². The highest BCUT2D eigenvalue weighted by Crippen LogP contribution is 2.51. The Balaban J connectivity index is 1.06. The van der Waals surface area contributed by atoms with Gasteiger partial charge in [-0.15, -0.1) is 11.3 Å². The van der Waals surface area contributed by atoms with Crippen LogP contribution in [0.4, 0.5) is 17.1 Å². The zero-order valence-electron chi connectivity index (χ0n) is 31.9. The predicted molar refractivity (Wildman–Crippen MR) is 245 cm³/mol. The maximum absolute atomic E-state index is 2.48. The van der Waals surface area contributed by atoms with Gasteiger partial charge in [0, 0.05) is 32.1 Å². The highest BCUT2D eigenvalue weighted by atomic mass is 32.1. The summed E-state index contributed by atoms with van der Waals surface area (Å²) in [5.41, 5.74) is 16.2. The van der Waals surface area contributed by atoms with Crippen LogP contribution in [0.25, 0.3) is 75.5 Å². The SMILES string of the molecule is CC1(C)c2ccccc2-c2ccc(-c3ccc(N(c4ccccc4-c4cccc(-c5cccc6ccccc56)c4)c4cccc5c4sc4ccccc45)cc3)cc21. The molecule has 0 aliphatic heterocycles. The van der Waals surface area contributed by atoms with E-state index in [0.29, 0.717) is 0 Å². The lowest BCUT2D eigenvalue weighted by Gasteiger charge is -2.28. The molecule has 0 saturated carbocycles. The molecule has 0 bridgehead atoms. The zero-order chi connectivity index (χ0) is 38.1. The van der Waals surface area contributed by atoms with E-state index in [-0.39, 0.29) is 5.41 Å². The van der Waals surface area contributed by atoms with Crippen molar-refractivity contribution in [2.45, 2.75) is 19.3 Å². The molecule has 1 aliphatic carbocycles. The van der Waals surface area contributed by atoms with E-state index < -0.39 is 0 Å². The molecule has 11 rings (SSSR count). The zero-order valence-corrected chi connectivity index (χ0v) is 32.7. The Morgan fingerprint density at radius 2 is 0.982 bits per heavy atom. The minimum Gasteiger partial charge on any atom is -0.308 e. The van der Waals surface area contributed by atoms with Gasteiger partial charge in [-0.3, -0.25) is 0 Å². The van der Waals surface area contributed by atoms with Crippen LogP contribution in [0.3, 0.4) is 0 Å². The van der Waals surface area contributed by atoms with E-state index in [9.17, 15) is 0 Å². The first-order valence-corrected chi connectivity index (χ1v) is 20.6. The van der Waals surface area contributed by atoms with Gasteiger partial charge in [-0.25, -0.2) is 0 Å². The molecule has 1 aromatic heterocycles. The molecule has 0 atom stereocenters. The monoisotopic (exact) mass is 745 g/mol. The number of hydrogen-bond donors (Lipinski definition) is 0. The normalized spacial score (nSPS) is 12.9. The van der Waals surface area contributed by atoms with Crippen LogP contribution < -0.4 is 4.90 Å². The molecule has 0 radical (unpaired) electrons. The first kappa shape index (κ1) is 33.6. The molecule has 0 saturated heterocycles. The Morgan fingerprint density at radius 3 is 1.86 bits per heavy atom. The lowest BCUT2D eigenvalue weighted by Crippen LogP contribution is -2.14. The smallest absolute Gasteiger partial charge is 0.0640 e.